The van der Waals surface area contributed by atoms with Crippen molar-refractivity contribution in [2.24, 2.45) is 0 Å². The zero-order chi connectivity index (χ0) is 13.1. The van der Waals surface area contributed by atoms with Gasteiger partial charge in [0.25, 0.3) is 0 Å². The molecule has 0 bridgehead atoms. The van der Waals surface area contributed by atoms with Crippen LogP contribution in [0.2, 0.25) is 5.02 Å². The van der Waals surface area contributed by atoms with Crippen LogP contribution < -0.4 is 5.32 Å². The largest absolute Gasteiger partial charge is 0.381 e. The highest BCUT2D eigenvalue weighted by molar-refractivity contribution is 6.30. The second-order valence-corrected chi connectivity index (χ2v) is 4.20. The molecule has 2 aromatic rings. The molecule has 0 fully saturated rings. The lowest BCUT2D eigenvalue weighted by molar-refractivity contribution is 0.509. The van der Waals surface area contributed by atoms with Gasteiger partial charge in [-0.2, -0.15) is 0 Å². The van der Waals surface area contributed by atoms with Gasteiger partial charge in [-0.05, 0) is 35.9 Å². The lowest BCUT2D eigenvalue weighted by atomic mass is 10.2. The van der Waals surface area contributed by atoms with Crippen LogP contribution in [0.15, 0.2) is 36.4 Å². The van der Waals surface area contributed by atoms with E-state index in [4.69, 9.17) is 11.6 Å². The molecular formula is C13H9ClF3N. The van der Waals surface area contributed by atoms with E-state index >= 15 is 0 Å². The van der Waals surface area contributed by atoms with Crippen molar-refractivity contribution in [1.82, 2.24) is 0 Å². The Balaban J connectivity index is 2.08. The maximum Gasteiger partial charge on any atom is 0.160 e. The van der Waals surface area contributed by atoms with Gasteiger partial charge in [0.05, 0.1) is 0 Å². The molecule has 0 heterocycles. The van der Waals surface area contributed by atoms with Gasteiger partial charge >= 0.3 is 0 Å². The average molecular weight is 272 g/mol. The highest BCUT2D eigenvalue weighted by atomic mass is 35.5. The number of hydrogen-bond acceptors (Lipinski definition) is 1. The van der Waals surface area contributed by atoms with Gasteiger partial charge in [-0.25, -0.2) is 13.2 Å². The fourth-order valence-corrected chi connectivity index (χ4v) is 1.77. The predicted molar refractivity (Wildman–Crippen MR) is 65.1 cm³/mol. The summed E-state index contributed by atoms with van der Waals surface area (Å²) in [5.41, 5.74) is 1.03. The Morgan fingerprint density at radius 1 is 0.944 bits per heavy atom. The normalized spacial score (nSPS) is 10.4. The minimum atomic E-state index is -0.933. The van der Waals surface area contributed by atoms with E-state index in [-0.39, 0.29) is 11.6 Å². The first kappa shape index (κ1) is 12.8. The maximum atomic E-state index is 13.0. The van der Waals surface area contributed by atoms with Crippen LogP contribution in [0.3, 0.4) is 0 Å². The van der Waals surface area contributed by atoms with Crippen LogP contribution in [0, 0.1) is 17.5 Å². The average Bonchev–Trinajstić information content (AvgIpc) is 2.29. The summed E-state index contributed by atoms with van der Waals surface area (Å²) < 4.78 is 38.7. The van der Waals surface area contributed by atoms with Crippen LogP contribution in [-0.4, -0.2) is 0 Å². The fraction of sp³-hybridized carbons (Fsp3) is 0.0769. The van der Waals surface area contributed by atoms with E-state index in [0.717, 1.165) is 12.1 Å². The van der Waals surface area contributed by atoms with E-state index < -0.39 is 17.5 Å². The maximum absolute atomic E-state index is 13.0. The molecule has 0 radical (unpaired) electrons. The van der Waals surface area contributed by atoms with Crippen LogP contribution in [0.4, 0.5) is 18.9 Å². The van der Waals surface area contributed by atoms with Crippen molar-refractivity contribution in [2.45, 2.75) is 6.54 Å². The summed E-state index contributed by atoms with van der Waals surface area (Å²) in [6.07, 6.45) is 0. The van der Waals surface area contributed by atoms with E-state index in [9.17, 15) is 13.2 Å². The zero-order valence-electron chi connectivity index (χ0n) is 9.18. The van der Waals surface area contributed by atoms with E-state index in [1.165, 1.54) is 18.2 Å². The first-order chi connectivity index (χ1) is 8.54. The Hall–Kier alpha value is -1.68. The Morgan fingerprint density at radius 2 is 1.72 bits per heavy atom. The molecule has 1 nitrogen and oxygen atoms in total. The van der Waals surface area contributed by atoms with Gasteiger partial charge in [-0.15, -0.1) is 0 Å². The number of halogens is 4. The summed E-state index contributed by atoms with van der Waals surface area (Å²) in [6.45, 7) is 0.266. The SMILES string of the molecule is Fc1cc(Cl)cc(CNc2ccc(F)c(F)c2)c1. The van der Waals surface area contributed by atoms with Crippen molar-refractivity contribution in [3.8, 4) is 0 Å². The smallest absolute Gasteiger partial charge is 0.160 e. The third-order valence-corrected chi connectivity index (χ3v) is 2.56. The summed E-state index contributed by atoms with van der Waals surface area (Å²) in [5.74, 6) is -2.28. The molecular weight excluding hydrogens is 263 g/mol. The standard InChI is InChI=1S/C13H9ClF3N/c14-9-3-8(4-10(15)5-9)7-18-11-1-2-12(16)13(17)6-11/h1-6,18H,7H2. The molecule has 0 aromatic heterocycles. The first-order valence-electron chi connectivity index (χ1n) is 5.18. The molecule has 5 heteroatoms. The first-order valence-corrected chi connectivity index (χ1v) is 5.56. The van der Waals surface area contributed by atoms with Gasteiger partial charge in [0.2, 0.25) is 0 Å². The summed E-state index contributed by atoms with van der Waals surface area (Å²) in [4.78, 5) is 0. The molecule has 0 saturated heterocycles. The quantitative estimate of drug-likeness (QED) is 0.874. The second kappa shape index (κ2) is 5.31. The Labute approximate surface area is 107 Å². The van der Waals surface area contributed by atoms with Crippen molar-refractivity contribution < 1.29 is 13.2 Å². The summed E-state index contributed by atoms with van der Waals surface area (Å²) >= 11 is 5.70. The molecule has 0 unspecified atom stereocenters. The van der Waals surface area contributed by atoms with Crippen LogP contribution in [-0.2, 0) is 6.54 Å². The predicted octanol–water partition coefficient (Wildman–Crippen LogP) is 4.37. The van der Waals surface area contributed by atoms with E-state index in [1.807, 2.05) is 0 Å². The second-order valence-electron chi connectivity index (χ2n) is 3.76. The Kier molecular flexibility index (Phi) is 3.77. The molecule has 0 saturated carbocycles. The summed E-state index contributed by atoms with van der Waals surface area (Å²) in [6, 6.07) is 7.57. The lowest BCUT2D eigenvalue weighted by Gasteiger charge is -2.07. The van der Waals surface area contributed by atoms with Crippen molar-refractivity contribution in [1.29, 1.82) is 0 Å². The van der Waals surface area contributed by atoms with E-state index in [2.05, 4.69) is 5.32 Å². The molecule has 1 N–H and O–H groups in total. The number of nitrogens with one attached hydrogen (secondary N) is 1. The topological polar surface area (TPSA) is 12.0 Å². The van der Waals surface area contributed by atoms with Crippen molar-refractivity contribution >= 4 is 17.3 Å². The van der Waals surface area contributed by atoms with Crippen molar-refractivity contribution in [3.05, 3.63) is 64.4 Å². The summed E-state index contributed by atoms with van der Waals surface area (Å²) in [5, 5.41) is 3.14. The number of anilines is 1. The van der Waals surface area contributed by atoms with Gasteiger partial charge in [-0.1, -0.05) is 11.6 Å². The third kappa shape index (κ3) is 3.17. The lowest BCUT2D eigenvalue weighted by Crippen LogP contribution is -2.00. The highest BCUT2D eigenvalue weighted by Gasteiger charge is 2.03. The Morgan fingerprint density at radius 3 is 2.39 bits per heavy atom. The zero-order valence-corrected chi connectivity index (χ0v) is 9.94. The highest BCUT2D eigenvalue weighted by Crippen LogP contribution is 2.17. The van der Waals surface area contributed by atoms with Gasteiger partial charge < -0.3 is 5.32 Å². The van der Waals surface area contributed by atoms with Crippen LogP contribution in [0.5, 0.6) is 0 Å². The summed E-state index contributed by atoms with van der Waals surface area (Å²) in [7, 11) is 0. The monoisotopic (exact) mass is 271 g/mol. The third-order valence-electron chi connectivity index (χ3n) is 2.34. The molecule has 0 spiro atoms. The van der Waals surface area contributed by atoms with E-state index in [1.54, 1.807) is 6.07 Å². The van der Waals surface area contributed by atoms with Gasteiger partial charge in [0.1, 0.15) is 5.82 Å². The van der Waals surface area contributed by atoms with Gasteiger partial charge in [0, 0.05) is 23.3 Å². The van der Waals surface area contributed by atoms with Crippen LogP contribution in [0.1, 0.15) is 5.56 Å². The molecule has 94 valence electrons. The van der Waals surface area contributed by atoms with Gasteiger partial charge in [0.15, 0.2) is 11.6 Å². The van der Waals surface area contributed by atoms with Crippen LogP contribution >= 0.6 is 11.6 Å². The molecule has 0 aliphatic carbocycles. The van der Waals surface area contributed by atoms with Crippen molar-refractivity contribution in [3.63, 3.8) is 0 Å². The number of hydrogen-bond donors (Lipinski definition) is 1. The minimum absolute atomic E-state index is 0.266. The molecule has 18 heavy (non-hydrogen) atoms. The molecule has 2 aromatic carbocycles. The van der Waals surface area contributed by atoms with Crippen LogP contribution in [0.25, 0.3) is 0 Å². The van der Waals surface area contributed by atoms with Gasteiger partial charge in [-0.3, -0.25) is 0 Å². The molecule has 0 aliphatic heterocycles. The molecule has 0 amide bonds. The number of benzene rings is 2. The van der Waals surface area contributed by atoms with E-state index in [0.29, 0.717) is 11.3 Å². The Bertz CT molecular complexity index is 552. The minimum Gasteiger partial charge on any atom is -0.381 e. The molecule has 0 atom stereocenters. The number of rotatable bonds is 3. The molecule has 2 rings (SSSR count). The van der Waals surface area contributed by atoms with Crippen molar-refractivity contribution in [2.75, 3.05) is 5.32 Å². The fourth-order valence-electron chi connectivity index (χ4n) is 1.52. The molecule has 0 aliphatic rings.